The fraction of sp³-hybridized carbons (Fsp3) is 0.333. The first-order valence-corrected chi connectivity index (χ1v) is 10.7. The van der Waals surface area contributed by atoms with Gasteiger partial charge in [-0.3, -0.25) is 9.59 Å². The summed E-state index contributed by atoms with van der Waals surface area (Å²) in [6.07, 6.45) is -0.748. The lowest BCUT2D eigenvalue weighted by Gasteiger charge is -2.18. The number of benzene rings is 2. The van der Waals surface area contributed by atoms with Crippen LogP contribution >= 0.6 is 0 Å². The van der Waals surface area contributed by atoms with Crippen LogP contribution in [0.3, 0.4) is 0 Å². The number of hydrogen-bond acceptors (Lipinski definition) is 5. The van der Waals surface area contributed by atoms with E-state index in [1.807, 2.05) is 48.5 Å². The van der Waals surface area contributed by atoms with Crippen molar-refractivity contribution in [3.63, 3.8) is 0 Å². The number of alkyl carbamates (subject to hydrolysis) is 1. The summed E-state index contributed by atoms with van der Waals surface area (Å²) in [6, 6.07) is 14.9. The van der Waals surface area contributed by atoms with Gasteiger partial charge in [0.1, 0.15) is 19.2 Å². The molecule has 0 radical (unpaired) electrons. The Kier molecular flexibility index (Phi) is 7.66. The van der Waals surface area contributed by atoms with Gasteiger partial charge in [0.05, 0.1) is 6.54 Å². The van der Waals surface area contributed by atoms with Gasteiger partial charge >= 0.3 is 12.1 Å². The highest BCUT2D eigenvalue weighted by Gasteiger charge is 2.29. The molecule has 0 spiro atoms. The third-order valence-corrected chi connectivity index (χ3v) is 5.43. The van der Waals surface area contributed by atoms with E-state index in [2.05, 4.69) is 16.0 Å². The van der Waals surface area contributed by atoms with E-state index in [0.29, 0.717) is 0 Å². The van der Waals surface area contributed by atoms with Crippen LogP contribution in [0.25, 0.3) is 11.1 Å². The molecule has 174 valence electrons. The summed E-state index contributed by atoms with van der Waals surface area (Å²) in [5, 5.41) is 16.1. The number of rotatable bonds is 9. The molecule has 3 rings (SSSR count). The van der Waals surface area contributed by atoms with E-state index in [-0.39, 0.29) is 25.0 Å². The van der Waals surface area contributed by atoms with Crippen molar-refractivity contribution in [1.82, 2.24) is 16.0 Å². The van der Waals surface area contributed by atoms with Gasteiger partial charge in [-0.25, -0.2) is 9.59 Å². The van der Waals surface area contributed by atoms with Gasteiger partial charge in [0.2, 0.25) is 11.8 Å². The predicted molar refractivity (Wildman–Crippen MR) is 120 cm³/mol. The van der Waals surface area contributed by atoms with Crippen LogP contribution in [-0.2, 0) is 19.1 Å². The molecule has 3 amide bonds. The van der Waals surface area contributed by atoms with Crippen molar-refractivity contribution in [2.75, 3.05) is 19.7 Å². The van der Waals surface area contributed by atoms with Gasteiger partial charge in [-0.1, -0.05) is 62.4 Å². The number of amides is 3. The Bertz CT molecular complexity index is 1010. The Morgan fingerprint density at radius 2 is 1.42 bits per heavy atom. The summed E-state index contributed by atoms with van der Waals surface area (Å²) in [5.41, 5.74) is 4.39. The summed E-state index contributed by atoms with van der Waals surface area (Å²) in [7, 11) is 0. The van der Waals surface area contributed by atoms with Crippen LogP contribution in [0.4, 0.5) is 4.79 Å². The molecule has 0 bridgehead atoms. The van der Waals surface area contributed by atoms with Crippen LogP contribution in [0, 0.1) is 5.92 Å². The Hall–Kier alpha value is -3.88. The molecule has 1 unspecified atom stereocenters. The number of hydrogen-bond donors (Lipinski definition) is 4. The largest absolute Gasteiger partial charge is 0.480 e. The van der Waals surface area contributed by atoms with E-state index in [9.17, 15) is 19.2 Å². The summed E-state index contributed by atoms with van der Waals surface area (Å²) in [4.78, 5) is 47.0. The molecule has 1 aliphatic rings. The van der Waals surface area contributed by atoms with E-state index >= 15 is 0 Å². The van der Waals surface area contributed by atoms with Crippen LogP contribution in [0.15, 0.2) is 48.5 Å². The van der Waals surface area contributed by atoms with Crippen LogP contribution in [0.2, 0.25) is 0 Å². The van der Waals surface area contributed by atoms with Crippen molar-refractivity contribution in [3.8, 4) is 11.1 Å². The minimum atomic E-state index is -1.15. The standard InChI is InChI=1S/C24H27N3O6/c1-14(2)22(23(30)31)27-21(29)12-25-20(28)11-26-24(32)33-13-19-17-9-5-3-7-15(17)16-8-4-6-10-18(16)19/h3-10,14,19,22H,11-13H2,1-2H3,(H,25,28)(H,26,32)(H,27,29)(H,30,31). The molecule has 1 aliphatic carbocycles. The highest BCUT2D eigenvalue weighted by Crippen LogP contribution is 2.44. The highest BCUT2D eigenvalue weighted by atomic mass is 16.5. The van der Waals surface area contributed by atoms with Gasteiger partial charge in [0, 0.05) is 5.92 Å². The number of ether oxygens (including phenoxy) is 1. The third-order valence-electron chi connectivity index (χ3n) is 5.43. The molecule has 2 aromatic rings. The number of fused-ring (bicyclic) bond motifs is 3. The molecule has 0 saturated carbocycles. The number of nitrogens with one attached hydrogen (secondary N) is 3. The monoisotopic (exact) mass is 453 g/mol. The van der Waals surface area contributed by atoms with E-state index in [1.165, 1.54) is 0 Å². The maximum atomic E-state index is 12.1. The average molecular weight is 453 g/mol. The highest BCUT2D eigenvalue weighted by molar-refractivity contribution is 5.89. The van der Waals surface area contributed by atoms with Crippen molar-refractivity contribution in [1.29, 1.82) is 0 Å². The smallest absolute Gasteiger partial charge is 0.407 e. The zero-order valence-corrected chi connectivity index (χ0v) is 18.5. The molecule has 0 aliphatic heterocycles. The second-order valence-corrected chi connectivity index (χ2v) is 8.08. The summed E-state index contributed by atoms with van der Waals surface area (Å²) >= 11 is 0. The van der Waals surface area contributed by atoms with Gasteiger partial charge in [0.15, 0.2) is 0 Å². The topological polar surface area (TPSA) is 134 Å². The van der Waals surface area contributed by atoms with Crippen molar-refractivity contribution < 1.29 is 29.0 Å². The second-order valence-electron chi connectivity index (χ2n) is 8.08. The summed E-state index contributed by atoms with van der Waals surface area (Å²) in [5.74, 6) is -2.79. The summed E-state index contributed by atoms with van der Waals surface area (Å²) < 4.78 is 5.35. The van der Waals surface area contributed by atoms with Crippen LogP contribution in [0.5, 0.6) is 0 Å². The molecule has 0 saturated heterocycles. The van der Waals surface area contributed by atoms with Crippen molar-refractivity contribution in [3.05, 3.63) is 59.7 Å². The fourth-order valence-electron chi connectivity index (χ4n) is 3.78. The number of aliphatic carboxylic acids is 1. The molecule has 1 atom stereocenters. The van der Waals surface area contributed by atoms with Crippen LogP contribution in [-0.4, -0.2) is 54.7 Å². The normalized spacial score (nSPS) is 12.9. The number of carbonyl (C=O) groups excluding carboxylic acids is 3. The van der Waals surface area contributed by atoms with Gasteiger partial charge in [-0.05, 0) is 28.2 Å². The lowest BCUT2D eigenvalue weighted by molar-refractivity contribution is -0.143. The molecule has 2 aromatic carbocycles. The van der Waals surface area contributed by atoms with E-state index in [4.69, 9.17) is 9.84 Å². The minimum Gasteiger partial charge on any atom is -0.480 e. The zero-order valence-electron chi connectivity index (χ0n) is 18.5. The van der Waals surface area contributed by atoms with Crippen LogP contribution in [0.1, 0.15) is 30.9 Å². The molecule has 4 N–H and O–H groups in total. The van der Waals surface area contributed by atoms with E-state index in [0.717, 1.165) is 22.3 Å². The van der Waals surface area contributed by atoms with Crippen molar-refractivity contribution >= 4 is 23.9 Å². The summed E-state index contributed by atoms with van der Waals surface area (Å²) in [6.45, 7) is 2.67. The molecule has 0 aromatic heterocycles. The first-order valence-electron chi connectivity index (χ1n) is 10.7. The van der Waals surface area contributed by atoms with Gasteiger partial charge in [0.25, 0.3) is 0 Å². The second kappa shape index (κ2) is 10.6. The minimum absolute atomic E-state index is 0.0937. The SMILES string of the molecule is CC(C)C(NC(=O)CNC(=O)CNC(=O)OCC1c2ccccc2-c2ccccc21)C(=O)O. The van der Waals surface area contributed by atoms with Gasteiger partial charge < -0.3 is 25.8 Å². The third kappa shape index (κ3) is 5.88. The zero-order chi connectivity index (χ0) is 24.0. The van der Waals surface area contributed by atoms with Crippen LogP contribution < -0.4 is 16.0 Å². The van der Waals surface area contributed by atoms with Gasteiger partial charge in [-0.2, -0.15) is 0 Å². The number of carboxylic acids is 1. The maximum absolute atomic E-state index is 12.1. The van der Waals surface area contributed by atoms with Crippen molar-refractivity contribution in [2.24, 2.45) is 5.92 Å². The van der Waals surface area contributed by atoms with E-state index < -0.39 is 36.5 Å². The lowest BCUT2D eigenvalue weighted by Crippen LogP contribution is -2.49. The number of carbonyl (C=O) groups is 4. The number of carboxylic acid groups (broad SMARTS) is 1. The fourth-order valence-corrected chi connectivity index (χ4v) is 3.78. The average Bonchev–Trinajstić information content (AvgIpc) is 3.11. The first-order chi connectivity index (χ1) is 15.8. The molecule has 0 heterocycles. The van der Waals surface area contributed by atoms with E-state index in [1.54, 1.807) is 13.8 Å². The predicted octanol–water partition coefficient (Wildman–Crippen LogP) is 1.87. The Morgan fingerprint density at radius 1 is 0.879 bits per heavy atom. The molecule has 0 fully saturated rings. The Labute approximate surface area is 191 Å². The van der Waals surface area contributed by atoms with Crippen molar-refractivity contribution in [2.45, 2.75) is 25.8 Å². The first kappa shape index (κ1) is 23.8. The molecular formula is C24H27N3O6. The quantitative estimate of drug-likeness (QED) is 0.458. The Morgan fingerprint density at radius 3 is 1.97 bits per heavy atom. The van der Waals surface area contributed by atoms with Gasteiger partial charge in [-0.15, -0.1) is 0 Å². The molecule has 9 heteroatoms. The Balaban J connectivity index is 1.43. The lowest BCUT2D eigenvalue weighted by atomic mass is 9.98. The molecular weight excluding hydrogens is 426 g/mol. The molecule has 33 heavy (non-hydrogen) atoms. The maximum Gasteiger partial charge on any atom is 0.407 e. The molecule has 9 nitrogen and oxygen atoms in total.